The van der Waals surface area contributed by atoms with Crippen LogP contribution in [-0.4, -0.2) is 21.7 Å². The number of hydrogen-bond acceptors (Lipinski definition) is 3. The van der Waals surface area contributed by atoms with Gasteiger partial charge in [-0.2, -0.15) is 5.10 Å². The van der Waals surface area contributed by atoms with Crippen molar-refractivity contribution in [1.82, 2.24) is 9.78 Å². The first-order valence-electron chi connectivity index (χ1n) is 7.50. The van der Waals surface area contributed by atoms with Crippen molar-refractivity contribution in [2.75, 3.05) is 4.90 Å². The fourth-order valence-electron chi connectivity index (χ4n) is 2.91. The van der Waals surface area contributed by atoms with Gasteiger partial charge >= 0.3 is 0 Å². The number of carbonyl (C=O) groups excluding carboxylic acids is 1. The van der Waals surface area contributed by atoms with Crippen LogP contribution in [0.1, 0.15) is 42.9 Å². The Morgan fingerprint density at radius 1 is 1.23 bits per heavy atom. The monoisotopic (exact) mass is 297 g/mol. The Morgan fingerprint density at radius 2 is 1.95 bits per heavy atom. The molecule has 0 saturated heterocycles. The minimum Gasteiger partial charge on any atom is -0.304 e. The second kappa shape index (κ2) is 5.40. The molecule has 0 bridgehead atoms. The second-order valence-corrected chi connectivity index (χ2v) is 5.95. The van der Waals surface area contributed by atoms with Crippen LogP contribution in [-0.2, 0) is 6.42 Å². The fraction of sp³-hybridized carbons (Fsp3) is 0.353. The Hall–Kier alpha value is -2.43. The van der Waals surface area contributed by atoms with Crippen LogP contribution in [0.2, 0.25) is 0 Å². The molecule has 1 aromatic carbocycles. The van der Waals surface area contributed by atoms with Crippen molar-refractivity contribution >= 4 is 11.6 Å². The third kappa shape index (κ3) is 2.32. The van der Waals surface area contributed by atoms with Gasteiger partial charge in [-0.25, -0.2) is 4.68 Å². The van der Waals surface area contributed by atoms with Gasteiger partial charge in [0.05, 0.1) is 6.04 Å². The zero-order valence-electron chi connectivity index (χ0n) is 13.0. The number of aromatic nitrogens is 2. The number of hydrogen-bond donors (Lipinski definition) is 0. The maximum Gasteiger partial charge on any atom is 0.278 e. The standard InChI is InChI=1S/C17H19N3O2/c1-11(2)20-16(21)9-8-14(18-20)17(22)19-12(3)10-13-6-4-5-7-15(13)19/h4-9,11-12H,10H2,1-3H3. The summed E-state index contributed by atoms with van der Waals surface area (Å²) < 4.78 is 1.35. The highest BCUT2D eigenvalue weighted by molar-refractivity contribution is 6.06. The molecule has 0 saturated carbocycles. The summed E-state index contributed by atoms with van der Waals surface area (Å²) in [6.07, 6.45) is 0.839. The van der Waals surface area contributed by atoms with E-state index in [4.69, 9.17) is 0 Å². The van der Waals surface area contributed by atoms with E-state index in [9.17, 15) is 9.59 Å². The zero-order chi connectivity index (χ0) is 15.9. The fourth-order valence-corrected chi connectivity index (χ4v) is 2.91. The van der Waals surface area contributed by atoms with E-state index < -0.39 is 0 Å². The van der Waals surface area contributed by atoms with Gasteiger partial charge in [0, 0.05) is 17.8 Å². The van der Waals surface area contributed by atoms with Gasteiger partial charge in [0.1, 0.15) is 5.69 Å². The first kappa shape index (κ1) is 14.5. The number of para-hydroxylation sites is 1. The molecule has 1 aliphatic heterocycles. The molecule has 5 nitrogen and oxygen atoms in total. The summed E-state index contributed by atoms with van der Waals surface area (Å²) in [5.74, 6) is -0.160. The van der Waals surface area contributed by atoms with Crippen molar-refractivity contribution in [3.8, 4) is 0 Å². The van der Waals surface area contributed by atoms with Crippen molar-refractivity contribution in [3.05, 3.63) is 58.0 Å². The molecule has 3 rings (SSSR count). The van der Waals surface area contributed by atoms with Crippen LogP contribution in [0.5, 0.6) is 0 Å². The smallest absolute Gasteiger partial charge is 0.278 e. The molecule has 1 aromatic heterocycles. The number of anilines is 1. The lowest BCUT2D eigenvalue weighted by Gasteiger charge is -2.22. The highest BCUT2D eigenvalue weighted by Crippen LogP contribution is 2.32. The number of nitrogens with zero attached hydrogens (tertiary/aromatic N) is 3. The average Bonchev–Trinajstić information content (AvgIpc) is 2.82. The van der Waals surface area contributed by atoms with Crippen LogP contribution >= 0.6 is 0 Å². The summed E-state index contributed by atoms with van der Waals surface area (Å²) in [6.45, 7) is 5.77. The molecule has 0 N–H and O–H groups in total. The summed E-state index contributed by atoms with van der Waals surface area (Å²) in [5, 5.41) is 4.24. The normalized spacial score (nSPS) is 16.9. The lowest BCUT2D eigenvalue weighted by atomic mass is 10.1. The molecule has 0 aliphatic carbocycles. The van der Waals surface area contributed by atoms with Gasteiger partial charge < -0.3 is 4.90 Å². The van der Waals surface area contributed by atoms with E-state index >= 15 is 0 Å². The number of fused-ring (bicyclic) bond motifs is 1. The number of amides is 1. The predicted molar refractivity (Wildman–Crippen MR) is 85.3 cm³/mol. The summed E-state index contributed by atoms with van der Waals surface area (Å²) >= 11 is 0. The molecule has 22 heavy (non-hydrogen) atoms. The Bertz CT molecular complexity index is 779. The van der Waals surface area contributed by atoms with Gasteiger partial charge in [0.15, 0.2) is 0 Å². The summed E-state index contributed by atoms with van der Waals surface area (Å²) in [5.41, 5.74) is 2.21. The van der Waals surface area contributed by atoms with Crippen molar-refractivity contribution in [3.63, 3.8) is 0 Å². The SMILES string of the molecule is CC1Cc2ccccc2N1C(=O)c1ccc(=O)n(C(C)C)n1. The summed E-state index contributed by atoms with van der Waals surface area (Å²) in [7, 11) is 0. The average molecular weight is 297 g/mol. The first-order valence-corrected chi connectivity index (χ1v) is 7.50. The molecule has 1 amide bonds. The lowest BCUT2D eigenvalue weighted by molar-refractivity contribution is 0.0974. The van der Waals surface area contributed by atoms with E-state index in [-0.39, 0.29) is 23.6 Å². The number of benzene rings is 1. The molecular weight excluding hydrogens is 278 g/mol. The molecular formula is C17H19N3O2. The maximum atomic E-state index is 12.9. The minimum absolute atomic E-state index is 0.0801. The Balaban J connectivity index is 2.02. The Morgan fingerprint density at radius 3 is 2.68 bits per heavy atom. The van der Waals surface area contributed by atoms with E-state index in [0.717, 1.165) is 12.1 Å². The van der Waals surface area contributed by atoms with E-state index in [1.54, 1.807) is 4.90 Å². The molecule has 2 aromatic rings. The van der Waals surface area contributed by atoms with Crippen LogP contribution in [0.25, 0.3) is 0 Å². The van der Waals surface area contributed by atoms with E-state index in [0.29, 0.717) is 5.69 Å². The molecule has 0 fully saturated rings. The second-order valence-electron chi connectivity index (χ2n) is 5.95. The van der Waals surface area contributed by atoms with Crippen molar-refractivity contribution in [2.45, 2.75) is 39.3 Å². The molecule has 0 radical (unpaired) electrons. The van der Waals surface area contributed by atoms with Crippen LogP contribution in [0.15, 0.2) is 41.2 Å². The van der Waals surface area contributed by atoms with Crippen LogP contribution in [0.3, 0.4) is 0 Å². The number of rotatable bonds is 2. The summed E-state index contributed by atoms with van der Waals surface area (Å²) in [6, 6.07) is 10.8. The Kier molecular flexibility index (Phi) is 3.56. The van der Waals surface area contributed by atoms with Crippen LogP contribution in [0, 0.1) is 0 Å². The first-order chi connectivity index (χ1) is 10.5. The van der Waals surface area contributed by atoms with E-state index in [1.807, 2.05) is 45.0 Å². The molecule has 0 spiro atoms. The van der Waals surface area contributed by atoms with Gasteiger partial charge in [-0.15, -0.1) is 0 Å². The third-order valence-corrected chi connectivity index (χ3v) is 3.96. The van der Waals surface area contributed by atoms with Gasteiger partial charge in [0.2, 0.25) is 0 Å². The third-order valence-electron chi connectivity index (χ3n) is 3.96. The zero-order valence-corrected chi connectivity index (χ0v) is 13.0. The topological polar surface area (TPSA) is 55.2 Å². The largest absolute Gasteiger partial charge is 0.304 e. The molecule has 5 heteroatoms. The van der Waals surface area contributed by atoms with Crippen LogP contribution in [0.4, 0.5) is 5.69 Å². The minimum atomic E-state index is -0.193. The summed E-state index contributed by atoms with van der Waals surface area (Å²) in [4.78, 5) is 26.4. The quantitative estimate of drug-likeness (QED) is 0.855. The predicted octanol–water partition coefficient (Wildman–Crippen LogP) is 2.42. The molecule has 1 aliphatic rings. The maximum absolute atomic E-state index is 12.9. The molecule has 2 heterocycles. The van der Waals surface area contributed by atoms with Crippen molar-refractivity contribution in [2.24, 2.45) is 0 Å². The highest BCUT2D eigenvalue weighted by Gasteiger charge is 2.32. The van der Waals surface area contributed by atoms with E-state index in [1.165, 1.54) is 22.4 Å². The van der Waals surface area contributed by atoms with E-state index in [2.05, 4.69) is 5.10 Å². The lowest BCUT2D eigenvalue weighted by Crippen LogP contribution is -2.37. The molecule has 114 valence electrons. The highest BCUT2D eigenvalue weighted by atomic mass is 16.2. The van der Waals surface area contributed by atoms with Gasteiger partial charge in [-0.1, -0.05) is 18.2 Å². The number of carbonyl (C=O) groups is 1. The van der Waals surface area contributed by atoms with Gasteiger partial charge in [0.25, 0.3) is 11.5 Å². The van der Waals surface area contributed by atoms with Gasteiger partial charge in [-0.3, -0.25) is 9.59 Å². The van der Waals surface area contributed by atoms with Crippen molar-refractivity contribution in [1.29, 1.82) is 0 Å². The van der Waals surface area contributed by atoms with Gasteiger partial charge in [-0.05, 0) is 44.9 Å². The van der Waals surface area contributed by atoms with Crippen molar-refractivity contribution < 1.29 is 4.79 Å². The Labute approximate surface area is 129 Å². The van der Waals surface area contributed by atoms with Crippen LogP contribution < -0.4 is 10.5 Å². The molecule has 1 unspecified atom stereocenters. The molecule has 1 atom stereocenters.